The summed E-state index contributed by atoms with van der Waals surface area (Å²) >= 11 is 0. The molecule has 0 radical (unpaired) electrons. The molecule has 1 unspecified atom stereocenters. The number of aromatic nitrogens is 4. The molecule has 7 nitrogen and oxygen atoms in total. The fraction of sp³-hybridized carbons (Fsp3) is 0.361. The number of fused-ring (bicyclic) bond motifs is 1. The van der Waals surface area contributed by atoms with Crippen molar-refractivity contribution in [1.82, 2.24) is 24.4 Å². The van der Waals surface area contributed by atoms with Gasteiger partial charge in [0.2, 0.25) is 0 Å². The van der Waals surface area contributed by atoms with Gasteiger partial charge in [-0.05, 0) is 76.4 Å². The fourth-order valence-corrected chi connectivity index (χ4v) is 6.31. The van der Waals surface area contributed by atoms with E-state index in [0.717, 1.165) is 85.4 Å². The zero-order valence-corrected chi connectivity index (χ0v) is 27.4. The Morgan fingerprint density at radius 3 is 2.27 bits per heavy atom. The first-order valence-corrected chi connectivity index (χ1v) is 15.5. The van der Waals surface area contributed by atoms with E-state index in [9.17, 15) is 0 Å². The second-order valence-corrected chi connectivity index (χ2v) is 11.9. The van der Waals surface area contributed by atoms with Crippen LogP contribution in [0.3, 0.4) is 0 Å². The Labute approximate surface area is 268 Å². The third kappa shape index (κ3) is 6.44. The van der Waals surface area contributed by atoms with Crippen LogP contribution < -0.4 is 9.80 Å². The average molecular weight is 610 g/mol. The zero-order valence-electron chi connectivity index (χ0n) is 26.6. The van der Waals surface area contributed by atoms with Crippen molar-refractivity contribution in [2.45, 2.75) is 46.6 Å². The molecule has 3 heterocycles. The van der Waals surface area contributed by atoms with Crippen molar-refractivity contribution in [3.8, 4) is 17.1 Å². The lowest BCUT2D eigenvalue weighted by Crippen LogP contribution is -2.52. The van der Waals surface area contributed by atoms with Gasteiger partial charge in [0, 0.05) is 56.2 Å². The Bertz CT molecular complexity index is 1690. The van der Waals surface area contributed by atoms with Gasteiger partial charge in [-0.15, -0.1) is 12.4 Å². The molecule has 230 valence electrons. The van der Waals surface area contributed by atoms with Crippen LogP contribution in [0.15, 0.2) is 78.9 Å². The van der Waals surface area contributed by atoms with Crippen LogP contribution in [0.2, 0.25) is 0 Å². The lowest BCUT2D eigenvalue weighted by Gasteiger charge is -2.41. The summed E-state index contributed by atoms with van der Waals surface area (Å²) in [6, 6.07) is 27.9. The maximum absolute atomic E-state index is 5.16. The summed E-state index contributed by atoms with van der Waals surface area (Å²) in [7, 11) is 2.14. The van der Waals surface area contributed by atoms with Gasteiger partial charge in [0.1, 0.15) is 11.6 Å². The second kappa shape index (κ2) is 13.8. The quantitative estimate of drug-likeness (QED) is 0.164. The molecule has 0 spiro atoms. The van der Waals surface area contributed by atoms with Gasteiger partial charge in [-0.2, -0.15) is 0 Å². The van der Waals surface area contributed by atoms with Gasteiger partial charge in [0.05, 0.1) is 0 Å². The molecule has 6 rings (SSSR count). The summed E-state index contributed by atoms with van der Waals surface area (Å²) in [6.07, 6.45) is 2.25. The van der Waals surface area contributed by atoms with Crippen molar-refractivity contribution in [3.63, 3.8) is 0 Å². The summed E-state index contributed by atoms with van der Waals surface area (Å²) in [5, 5.41) is 0. The molecule has 0 saturated carbocycles. The number of unbranched alkanes of at least 4 members (excludes halogenated alkanes) is 1. The van der Waals surface area contributed by atoms with E-state index in [1.165, 1.54) is 16.8 Å². The molecule has 1 aliphatic heterocycles. The number of piperazine rings is 1. The number of rotatable bonds is 9. The molecule has 0 amide bonds. The van der Waals surface area contributed by atoms with Crippen LogP contribution in [0.1, 0.15) is 36.7 Å². The van der Waals surface area contributed by atoms with E-state index in [0.29, 0.717) is 6.04 Å². The van der Waals surface area contributed by atoms with E-state index in [4.69, 9.17) is 15.0 Å². The van der Waals surface area contributed by atoms with Gasteiger partial charge >= 0.3 is 0 Å². The van der Waals surface area contributed by atoms with Crippen molar-refractivity contribution >= 4 is 35.1 Å². The number of aryl methyl sites for hydroxylation is 2. The predicted octanol–water partition coefficient (Wildman–Crippen LogP) is 7.26. The minimum absolute atomic E-state index is 0. The van der Waals surface area contributed by atoms with E-state index in [2.05, 4.69) is 114 Å². The molecule has 2 aromatic heterocycles. The summed E-state index contributed by atoms with van der Waals surface area (Å²) in [4.78, 5) is 22.4. The van der Waals surface area contributed by atoms with Gasteiger partial charge in [-0.1, -0.05) is 60.7 Å². The average Bonchev–Trinajstić information content (AvgIpc) is 3.41. The molecule has 0 bridgehead atoms. The maximum atomic E-state index is 5.16. The highest BCUT2D eigenvalue weighted by molar-refractivity contribution is 5.88. The standard InChI is InChI=1S/C36H43N7.ClH/c1-26-15-14-20-32(28(26)3)42-24-23-41(27(2)25-42)22-13-12-21-40(5)35-33-36(38-29(4)37-35)43(31-18-10-7-11-19-31)34(39-33)30-16-8-6-9-17-30;/h6-11,14-20,27H,12-13,21-25H2,1-5H3;1H. The number of imidazole rings is 1. The first-order valence-electron chi connectivity index (χ1n) is 15.5. The molecule has 0 aliphatic carbocycles. The SMILES string of the molecule is Cc1nc(N(C)CCCCN2CCN(c3cccc(C)c3C)CC2C)c2nc(-c3ccccc3)n(-c3ccccc3)c2n1.Cl. The Hall–Kier alpha value is -3.94. The Morgan fingerprint density at radius 2 is 1.55 bits per heavy atom. The third-order valence-corrected chi connectivity index (χ3v) is 8.88. The molecule has 1 aliphatic rings. The topological polar surface area (TPSA) is 53.3 Å². The molecule has 0 N–H and O–H groups in total. The predicted molar refractivity (Wildman–Crippen MR) is 186 cm³/mol. The van der Waals surface area contributed by atoms with Gasteiger partial charge in [0.25, 0.3) is 0 Å². The Kier molecular flexibility index (Phi) is 9.87. The summed E-state index contributed by atoms with van der Waals surface area (Å²) in [5.41, 5.74) is 7.96. The minimum atomic E-state index is 0. The molecule has 1 fully saturated rings. The van der Waals surface area contributed by atoms with Crippen molar-refractivity contribution < 1.29 is 0 Å². The highest BCUT2D eigenvalue weighted by Crippen LogP contribution is 2.32. The van der Waals surface area contributed by atoms with Crippen LogP contribution in [-0.4, -0.2) is 70.2 Å². The number of anilines is 2. The minimum Gasteiger partial charge on any atom is -0.368 e. The largest absolute Gasteiger partial charge is 0.368 e. The van der Waals surface area contributed by atoms with Crippen LogP contribution in [0.25, 0.3) is 28.2 Å². The molecule has 44 heavy (non-hydrogen) atoms. The van der Waals surface area contributed by atoms with Gasteiger partial charge < -0.3 is 9.80 Å². The molecule has 1 saturated heterocycles. The molecule has 1 atom stereocenters. The van der Waals surface area contributed by atoms with E-state index < -0.39 is 0 Å². The first kappa shape index (κ1) is 31.5. The van der Waals surface area contributed by atoms with Gasteiger partial charge in [-0.3, -0.25) is 9.47 Å². The van der Waals surface area contributed by atoms with Crippen molar-refractivity contribution in [2.75, 3.05) is 49.6 Å². The number of benzene rings is 3. The monoisotopic (exact) mass is 609 g/mol. The van der Waals surface area contributed by atoms with Crippen LogP contribution in [0, 0.1) is 20.8 Å². The van der Waals surface area contributed by atoms with Crippen LogP contribution in [0.5, 0.6) is 0 Å². The van der Waals surface area contributed by atoms with Crippen molar-refractivity contribution in [1.29, 1.82) is 0 Å². The summed E-state index contributed by atoms with van der Waals surface area (Å²) in [6.45, 7) is 14.1. The number of hydrogen-bond donors (Lipinski definition) is 0. The lowest BCUT2D eigenvalue weighted by molar-refractivity contribution is 0.186. The highest BCUT2D eigenvalue weighted by atomic mass is 35.5. The summed E-state index contributed by atoms with van der Waals surface area (Å²) in [5.74, 6) is 2.52. The molecule has 3 aromatic carbocycles. The van der Waals surface area contributed by atoms with E-state index in [1.54, 1.807) is 0 Å². The molecule has 5 aromatic rings. The first-order chi connectivity index (χ1) is 20.9. The highest BCUT2D eigenvalue weighted by Gasteiger charge is 2.25. The fourth-order valence-electron chi connectivity index (χ4n) is 6.31. The van der Waals surface area contributed by atoms with E-state index in [-0.39, 0.29) is 12.4 Å². The van der Waals surface area contributed by atoms with Crippen molar-refractivity contribution in [3.05, 3.63) is 95.8 Å². The number of nitrogens with zero attached hydrogens (tertiary/aromatic N) is 7. The van der Waals surface area contributed by atoms with E-state index in [1.807, 2.05) is 19.1 Å². The van der Waals surface area contributed by atoms with Crippen LogP contribution in [0.4, 0.5) is 11.5 Å². The molecular weight excluding hydrogens is 566 g/mol. The third-order valence-electron chi connectivity index (χ3n) is 8.88. The smallest absolute Gasteiger partial charge is 0.170 e. The molecule has 8 heteroatoms. The van der Waals surface area contributed by atoms with Gasteiger partial charge in [0.15, 0.2) is 17.0 Å². The summed E-state index contributed by atoms with van der Waals surface area (Å²) < 4.78 is 2.16. The lowest BCUT2D eigenvalue weighted by atomic mass is 10.1. The van der Waals surface area contributed by atoms with Crippen LogP contribution >= 0.6 is 12.4 Å². The molecular formula is C36H44ClN7. The number of halogens is 1. The Morgan fingerprint density at radius 1 is 0.818 bits per heavy atom. The van der Waals surface area contributed by atoms with Crippen molar-refractivity contribution in [2.24, 2.45) is 0 Å². The normalized spacial score (nSPS) is 15.4. The van der Waals surface area contributed by atoms with E-state index >= 15 is 0 Å². The number of para-hydroxylation sites is 1. The second-order valence-electron chi connectivity index (χ2n) is 11.9. The van der Waals surface area contributed by atoms with Crippen LogP contribution in [-0.2, 0) is 0 Å². The zero-order chi connectivity index (χ0) is 29.9. The Balaban J connectivity index is 0.00000384. The number of hydrogen-bond acceptors (Lipinski definition) is 6. The van der Waals surface area contributed by atoms with Gasteiger partial charge in [-0.25, -0.2) is 15.0 Å². The maximum Gasteiger partial charge on any atom is 0.170 e.